The van der Waals surface area contributed by atoms with E-state index >= 15 is 0 Å². The first-order valence-electron chi connectivity index (χ1n) is 10.5. The van der Waals surface area contributed by atoms with Gasteiger partial charge < -0.3 is 10.4 Å². The van der Waals surface area contributed by atoms with Crippen molar-refractivity contribution >= 4 is 11.9 Å². The van der Waals surface area contributed by atoms with Gasteiger partial charge >= 0.3 is 5.97 Å². The minimum atomic E-state index is -1.02. The molecule has 0 saturated carbocycles. The smallest absolute Gasteiger partial charge is 0.335 e. The molecule has 4 rings (SSSR count). The number of carboxylic acid groups (broad SMARTS) is 1. The maximum Gasteiger partial charge on any atom is 0.335 e. The molecule has 3 aromatic carbocycles. The largest absolute Gasteiger partial charge is 0.478 e. The summed E-state index contributed by atoms with van der Waals surface area (Å²) in [5.74, 6) is -1.48. The van der Waals surface area contributed by atoms with Crippen LogP contribution in [0.15, 0.2) is 84.9 Å². The Balaban J connectivity index is 1.54. The van der Waals surface area contributed by atoms with Crippen LogP contribution in [0.25, 0.3) is 16.9 Å². The maximum absolute atomic E-state index is 13.9. The number of nitrogens with zero attached hydrogens (tertiary/aromatic N) is 2. The molecule has 0 fully saturated rings. The normalized spacial score (nSPS) is 10.7. The van der Waals surface area contributed by atoms with Gasteiger partial charge in [0.1, 0.15) is 5.82 Å². The first-order chi connectivity index (χ1) is 16.0. The molecule has 7 heteroatoms. The molecule has 0 atom stereocenters. The number of benzene rings is 3. The van der Waals surface area contributed by atoms with Crippen LogP contribution in [0.3, 0.4) is 0 Å². The predicted molar refractivity (Wildman–Crippen MR) is 123 cm³/mol. The number of hydrogen-bond acceptors (Lipinski definition) is 3. The third-order valence-corrected chi connectivity index (χ3v) is 5.18. The summed E-state index contributed by atoms with van der Waals surface area (Å²) >= 11 is 0. The number of aromatic nitrogens is 2. The summed E-state index contributed by atoms with van der Waals surface area (Å²) in [6, 6.07) is 23.9. The van der Waals surface area contributed by atoms with Crippen LogP contribution in [0.2, 0.25) is 0 Å². The zero-order valence-electron chi connectivity index (χ0n) is 17.7. The van der Waals surface area contributed by atoms with Gasteiger partial charge in [-0.25, -0.2) is 13.9 Å². The zero-order chi connectivity index (χ0) is 23.2. The number of carbonyl (C=O) groups excluding carboxylic acids is 1. The minimum Gasteiger partial charge on any atom is -0.478 e. The van der Waals surface area contributed by atoms with Gasteiger partial charge in [0.2, 0.25) is 5.91 Å². The minimum absolute atomic E-state index is 0.0912. The van der Waals surface area contributed by atoms with Crippen molar-refractivity contribution in [3.05, 3.63) is 108 Å². The Bertz CT molecular complexity index is 1270. The van der Waals surface area contributed by atoms with E-state index < -0.39 is 5.97 Å². The Hall–Kier alpha value is -4.26. The van der Waals surface area contributed by atoms with Gasteiger partial charge in [0.25, 0.3) is 0 Å². The maximum atomic E-state index is 13.9. The van der Waals surface area contributed by atoms with E-state index in [0.29, 0.717) is 35.6 Å². The van der Waals surface area contributed by atoms with Crippen molar-refractivity contribution in [1.82, 2.24) is 15.1 Å². The molecular weight excluding hydrogens is 421 g/mol. The molecule has 0 bridgehead atoms. The van der Waals surface area contributed by atoms with Crippen LogP contribution >= 0.6 is 0 Å². The first kappa shape index (κ1) is 22.0. The van der Waals surface area contributed by atoms with Crippen molar-refractivity contribution in [2.75, 3.05) is 0 Å². The molecule has 0 unspecified atom stereocenters. The SMILES string of the molecule is O=C(CCc1cc(-c2cccc(F)c2)n(-c2ccc(C(=O)O)cc2)n1)NCc1ccccc1. The molecule has 1 amide bonds. The lowest BCUT2D eigenvalue weighted by Crippen LogP contribution is -2.23. The highest BCUT2D eigenvalue weighted by atomic mass is 19.1. The molecule has 2 N–H and O–H groups in total. The summed E-state index contributed by atoms with van der Waals surface area (Å²) in [4.78, 5) is 23.5. The van der Waals surface area contributed by atoms with Crippen molar-refractivity contribution in [1.29, 1.82) is 0 Å². The van der Waals surface area contributed by atoms with Crippen LogP contribution in [-0.4, -0.2) is 26.8 Å². The monoisotopic (exact) mass is 443 g/mol. The zero-order valence-corrected chi connectivity index (χ0v) is 17.7. The number of halogens is 1. The van der Waals surface area contributed by atoms with Crippen molar-refractivity contribution in [2.24, 2.45) is 0 Å². The van der Waals surface area contributed by atoms with Crippen molar-refractivity contribution in [2.45, 2.75) is 19.4 Å². The number of nitrogens with one attached hydrogen (secondary N) is 1. The van der Waals surface area contributed by atoms with E-state index in [4.69, 9.17) is 5.11 Å². The molecule has 33 heavy (non-hydrogen) atoms. The van der Waals surface area contributed by atoms with Crippen molar-refractivity contribution in [3.8, 4) is 16.9 Å². The summed E-state index contributed by atoms with van der Waals surface area (Å²) in [5.41, 5.74) is 3.77. The summed E-state index contributed by atoms with van der Waals surface area (Å²) < 4.78 is 15.5. The number of amides is 1. The van der Waals surface area contributed by atoms with E-state index in [1.807, 2.05) is 36.4 Å². The fraction of sp³-hybridized carbons (Fsp3) is 0.115. The second kappa shape index (κ2) is 9.91. The molecule has 0 radical (unpaired) electrons. The second-order valence-corrected chi connectivity index (χ2v) is 7.56. The number of hydrogen-bond donors (Lipinski definition) is 2. The highest BCUT2D eigenvalue weighted by molar-refractivity contribution is 5.87. The van der Waals surface area contributed by atoms with Crippen LogP contribution in [0, 0.1) is 5.82 Å². The quantitative estimate of drug-likeness (QED) is 0.416. The molecule has 0 aliphatic heterocycles. The number of aryl methyl sites for hydroxylation is 1. The number of rotatable bonds is 8. The summed E-state index contributed by atoms with van der Waals surface area (Å²) in [7, 11) is 0. The third kappa shape index (κ3) is 5.51. The Kier molecular flexibility index (Phi) is 6.59. The average molecular weight is 443 g/mol. The Morgan fingerprint density at radius 3 is 2.39 bits per heavy atom. The fourth-order valence-electron chi connectivity index (χ4n) is 3.47. The lowest BCUT2D eigenvalue weighted by atomic mass is 10.1. The molecule has 4 aromatic rings. The number of carbonyl (C=O) groups is 2. The molecule has 166 valence electrons. The van der Waals surface area contributed by atoms with Gasteiger partial charge in [0, 0.05) is 24.9 Å². The summed E-state index contributed by atoms with van der Waals surface area (Å²) in [6.07, 6.45) is 0.660. The average Bonchev–Trinajstić information content (AvgIpc) is 3.26. The topological polar surface area (TPSA) is 84.2 Å². The highest BCUT2D eigenvalue weighted by Gasteiger charge is 2.14. The second-order valence-electron chi connectivity index (χ2n) is 7.56. The predicted octanol–water partition coefficient (Wildman–Crippen LogP) is 4.63. The fourth-order valence-corrected chi connectivity index (χ4v) is 3.47. The Morgan fingerprint density at radius 1 is 0.939 bits per heavy atom. The van der Waals surface area contributed by atoms with Crippen LogP contribution < -0.4 is 5.32 Å². The van der Waals surface area contributed by atoms with E-state index in [-0.39, 0.29) is 23.7 Å². The molecule has 0 aliphatic carbocycles. The van der Waals surface area contributed by atoms with Gasteiger partial charge in [-0.1, -0.05) is 42.5 Å². The molecule has 0 saturated heterocycles. The van der Waals surface area contributed by atoms with Gasteiger partial charge in [0.15, 0.2) is 0 Å². The van der Waals surface area contributed by atoms with Gasteiger partial charge in [-0.2, -0.15) is 5.10 Å². The molecule has 0 spiro atoms. The lowest BCUT2D eigenvalue weighted by molar-refractivity contribution is -0.121. The summed E-state index contributed by atoms with van der Waals surface area (Å²) in [5, 5.41) is 16.7. The van der Waals surface area contributed by atoms with Crippen molar-refractivity contribution < 1.29 is 19.1 Å². The molecule has 6 nitrogen and oxygen atoms in total. The van der Waals surface area contributed by atoms with E-state index in [9.17, 15) is 14.0 Å². The van der Waals surface area contributed by atoms with Crippen molar-refractivity contribution in [3.63, 3.8) is 0 Å². The van der Waals surface area contributed by atoms with Gasteiger partial charge in [-0.05, 0) is 48.0 Å². The summed E-state index contributed by atoms with van der Waals surface area (Å²) in [6.45, 7) is 0.457. The molecule has 1 heterocycles. The molecular formula is C26H22FN3O3. The van der Waals surface area contributed by atoms with Gasteiger partial charge in [-0.15, -0.1) is 0 Å². The first-order valence-corrected chi connectivity index (χ1v) is 10.5. The third-order valence-electron chi connectivity index (χ3n) is 5.18. The van der Waals surface area contributed by atoms with Gasteiger partial charge in [0.05, 0.1) is 22.6 Å². The van der Waals surface area contributed by atoms with Crippen LogP contribution in [0.1, 0.15) is 28.0 Å². The van der Waals surface area contributed by atoms with Crippen LogP contribution in [-0.2, 0) is 17.8 Å². The number of aromatic carboxylic acids is 1. The lowest BCUT2D eigenvalue weighted by Gasteiger charge is -2.08. The molecule has 0 aliphatic rings. The Morgan fingerprint density at radius 2 is 1.70 bits per heavy atom. The van der Waals surface area contributed by atoms with Crippen LogP contribution in [0.5, 0.6) is 0 Å². The highest BCUT2D eigenvalue weighted by Crippen LogP contribution is 2.25. The van der Waals surface area contributed by atoms with Gasteiger partial charge in [-0.3, -0.25) is 4.79 Å². The van der Waals surface area contributed by atoms with E-state index in [0.717, 1.165) is 5.56 Å². The van der Waals surface area contributed by atoms with E-state index in [1.165, 1.54) is 24.3 Å². The van der Waals surface area contributed by atoms with E-state index in [1.54, 1.807) is 28.9 Å². The van der Waals surface area contributed by atoms with Crippen LogP contribution in [0.4, 0.5) is 4.39 Å². The number of carboxylic acids is 1. The Labute approximate surface area is 190 Å². The molecule has 1 aromatic heterocycles. The standard InChI is InChI=1S/C26H22FN3O3/c27-21-8-4-7-20(15-21)24-16-22(11-14-25(31)28-17-18-5-2-1-3-6-18)29-30(24)23-12-9-19(10-13-23)26(32)33/h1-10,12-13,15-16H,11,14,17H2,(H,28,31)(H,32,33). The van der Waals surface area contributed by atoms with E-state index in [2.05, 4.69) is 10.4 Å².